The number of hydrogen-bond donors (Lipinski definition) is 1. The van der Waals surface area contributed by atoms with Gasteiger partial charge in [0.2, 0.25) is 11.8 Å². The average molecular weight is 276 g/mol. The highest BCUT2D eigenvalue weighted by Gasteiger charge is 2.40. The van der Waals surface area contributed by atoms with Crippen molar-refractivity contribution in [3.05, 3.63) is 18.7 Å². The summed E-state index contributed by atoms with van der Waals surface area (Å²) in [6, 6.07) is -0.956. The van der Waals surface area contributed by atoms with Crippen LogP contribution >= 0.6 is 0 Å². The smallest absolute Gasteiger partial charge is 0.250 e. The van der Waals surface area contributed by atoms with Crippen molar-refractivity contribution < 1.29 is 9.59 Å². The topological polar surface area (TPSA) is 75.2 Å². The SMILES string of the molecule is CCC1C(=O)NC(CC(C)C)C(=O)N1c1cncnc1. The van der Waals surface area contributed by atoms with Gasteiger partial charge in [0.25, 0.3) is 0 Å². The van der Waals surface area contributed by atoms with E-state index in [1.165, 1.54) is 11.2 Å². The molecule has 20 heavy (non-hydrogen) atoms. The normalized spacial score (nSPS) is 23.1. The van der Waals surface area contributed by atoms with Crippen molar-refractivity contribution in [1.29, 1.82) is 0 Å². The first kappa shape index (κ1) is 14.4. The minimum absolute atomic E-state index is 0.0834. The van der Waals surface area contributed by atoms with E-state index < -0.39 is 12.1 Å². The predicted octanol–water partition coefficient (Wildman–Crippen LogP) is 1.13. The largest absolute Gasteiger partial charge is 0.342 e. The number of carbonyl (C=O) groups excluding carboxylic acids is 2. The molecule has 6 heteroatoms. The Balaban J connectivity index is 2.33. The third-order valence-corrected chi connectivity index (χ3v) is 3.39. The Hall–Kier alpha value is -1.98. The van der Waals surface area contributed by atoms with Gasteiger partial charge < -0.3 is 5.32 Å². The third-order valence-electron chi connectivity index (χ3n) is 3.39. The first-order valence-corrected chi connectivity index (χ1v) is 6.93. The van der Waals surface area contributed by atoms with Gasteiger partial charge in [-0.25, -0.2) is 9.97 Å². The molecule has 2 rings (SSSR count). The number of nitrogens with zero attached hydrogens (tertiary/aromatic N) is 3. The van der Waals surface area contributed by atoms with E-state index in [-0.39, 0.29) is 11.8 Å². The molecule has 6 nitrogen and oxygen atoms in total. The number of piperazine rings is 1. The third kappa shape index (κ3) is 2.79. The van der Waals surface area contributed by atoms with E-state index >= 15 is 0 Å². The Labute approximate surface area is 118 Å². The second kappa shape index (κ2) is 5.98. The van der Waals surface area contributed by atoms with Crippen molar-refractivity contribution in [2.45, 2.75) is 45.7 Å². The molecular weight excluding hydrogens is 256 g/mol. The van der Waals surface area contributed by atoms with Crippen molar-refractivity contribution >= 4 is 17.5 Å². The van der Waals surface area contributed by atoms with Gasteiger partial charge in [0.1, 0.15) is 18.4 Å². The van der Waals surface area contributed by atoms with Crippen LogP contribution in [-0.4, -0.2) is 33.9 Å². The molecule has 0 aliphatic carbocycles. The fraction of sp³-hybridized carbons (Fsp3) is 0.571. The van der Waals surface area contributed by atoms with Gasteiger partial charge in [0.05, 0.1) is 18.1 Å². The summed E-state index contributed by atoms with van der Waals surface area (Å²) in [6.45, 7) is 5.94. The van der Waals surface area contributed by atoms with Crippen molar-refractivity contribution in [3.63, 3.8) is 0 Å². The number of aromatic nitrogens is 2. The number of nitrogens with one attached hydrogen (secondary N) is 1. The lowest BCUT2D eigenvalue weighted by atomic mass is 9.97. The van der Waals surface area contributed by atoms with Crippen LogP contribution in [0.3, 0.4) is 0 Å². The predicted molar refractivity (Wildman–Crippen MR) is 75.0 cm³/mol. The Kier molecular flexibility index (Phi) is 4.32. The van der Waals surface area contributed by atoms with Crippen molar-refractivity contribution in [1.82, 2.24) is 15.3 Å². The van der Waals surface area contributed by atoms with Gasteiger partial charge in [-0.3, -0.25) is 14.5 Å². The highest BCUT2D eigenvalue weighted by Crippen LogP contribution is 2.23. The standard InChI is InChI=1S/C14H20N4O2/c1-4-12-13(19)17-11(5-9(2)3)14(20)18(12)10-6-15-8-16-7-10/h6-9,11-12H,4-5H2,1-3H3,(H,17,19). The first-order valence-electron chi connectivity index (χ1n) is 6.93. The molecule has 2 heterocycles. The molecule has 0 aromatic carbocycles. The van der Waals surface area contributed by atoms with Crippen LogP contribution < -0.4 is 10.2 Å². The van der Waals surface area contributed by atoms with E-state index in [2.05, 4.69) is 15.3 Å². The van der Waals surface area contributed by atoms with Crippen LogP contribution in [0, 0.1) is 5.92 Å². The number of rotatable bonds is 4. The lowest BCUT2D eigenvalue weighted by molar-refractivity contribution is -0.134. The minimum atomic E-state index is -0.489. The molecule has 0 spiro atoms. The fourth-order valence-electron chi connectivity index (χ4n) is 2.49. The van der Waals surface area contributed by atoms with Crippen LogP contribution in [0.1, 0.15) is 33.6 Å². The van der Waals surface area contributed by atoms with Gasteiger partial charge in [0, 0.05) is 0 Å². The number of hydrogen-bond acceptors (Lipinski definition) is 4. The van der Waals surface area contributed by atoms with Crippen LogP contribution in [0.2, 0.25) is 0 Å². The van der Waals surface area contributed by atoms with Crippen molar-refractivity contribution in [2.75, 3.05) is 4.90 Å². The molecule has 1 N–H and O–H groups in total. The molecule has 0 bridgehead atoms. The molecule has 2 unspecified atom stereocenters. The molecule has 0 radical (unpaired) electrons. The van der Waals surface area contributed by atoms with Crippen LogP contribution in [0.15, 0.2) is 18.7 Å². The molecule has 1 aliphatic heterocycles. The average Bonchev–Trinajstić information content (AvgIpc) is 2.42. The van der Waals surface area contributed by atoms with Gasteiger partial charge in [-0.2, -0.15) is 0 Å². The Morgan fingerprint density at radius 3 is 2.50 bits per heavy atom. The quantitative estimate of drug-likeness (QED) is 0.894. The Morgan fingerprint density at radius 2 is 1.95 bits per heavy atom. The zero-order valence-electron chi connectivity index (χ0n) is 12.0. The molecule has 2 atom stereocenters. The Morgan fingerprint density at radius 1 is 1.30 bits per heavy atom. The molecule has 108 valence electrons. The minimum Gasteiger partial charge on any atom is -0.342 e. The maximum atomic E-state index is 12.6. The van der Waals surface area contributed by atoms with Gasteiger partial charge >= 0.3 is 0 Å². The van der Waals surface area contributed by atoms with Crippen molar-refractivity contribution in [2.24, 2.45) is 5.92 Å². The molecular formula is C14H20N4O2. The van der Waals surface area contributed by atoms with E-state index in [0.29, 0.717) is 24.4 Å². The summed E-state index contributed by atoms with van der Waals surface area (Å²) >= 11 is 0. The van der Waals surface area contributed by atoms with E-state index in [1.807, 2.05) is 20.8 Å². The van der Waals surface area contributed by atoms with Crippen LogP contribution in [-0.2, 0) is 9.59 Å². The summed E-state index contributed by atoms with van der Waals surface area (Å²) in [7, 11) is 0. The van der Waals surface area contributed by atoms with Crippen LogP contribution in [0.4, 0.5) is 5.69 Å². The molecule has 1 aliphatic rings. The molecule has 1 aromatic rings. The highest BCUT2D eigenvalue weighted by atomic mass is 16.2. The molecule has 1 aromatic heterocycles. The molecule has 1 fully saturated rings. The van der Waals surface area contributed by atoms with Crippen LogP contribution in [0.25, 0.3) is 0 Å². The second-order valence-electron chi connectivity index (χ2n) is 5.42. The van der Waals surface area contributed by atoms with Gasteiger partial charge in [-0.1, -0.05) is 20.8 Å². The lowest BCUT2D eigenvalue weighted by Crippen LogP contribution is -2.63. The number of amides is 2. The van der Waals surface area contributed by atoms with Gasteiger partial charge in [-0.05, 0) is 18.8 Å². The Bertz CT molecular complexity index is 489. The highest BCUT2D eigenvalue weighted by molar-refractivity contribution is 6.08. The summed E-state index contributed by atoms with van der Waals surface area (Å²) in [5.41, 5.74) is 0.577. The monoisotopic (exact) mass is 276 g/mol. The summed E-state index contributed by atoms with van der Waals surface area (Å²) in [5.74, 6) is 0.137. The fourth-order valence-corrected chi connectivity index (χ4v) is 2.49. The summed E-state index contributed by atoms with van der Waals surface area (Å²) in [5, 5.41) is 2.83. The zero-order chi connectivity index (χ0) is 14.7. The summed E-state index contributed by atoms with van der Waals surface area (Å²) < 4.78 is 0. The molecule has 1 saturated heterocycles. The number of anilines is 1. The molecule has 2 amide bonds. The van der Waals surface area contributed by atoms with E-state index in [0.717, 1.165) is 0 Å². The maximum absolute atomic E-state index is 12.6. The van der Waals surface area contributed by atoms with E-state index in [4.69, 9.17) is 0 Å². The van der Waals surface area contributed by atoms with Crippen molar-refractivity contribution in [3.8, 4) is 0 Å². The summed E-state index contributed by atoms with van der Waals surface area (Å²) in [4.78, 5) is 34.2. The lowest BCUT2D eigenvalue weighted by Gasteiger charge is -2.38. The maximum Gasteiger partial charge on any atom is 0.250 e. The first-order chi connectivity index (χ1) is 9.54. The van der Waals surface area contributed by atoms with Gasteiger partial charge in [0.15, 0.2) is 0 Å². The number of carbonyl (C=O) groups is 2. The zero-order valence-corrected chi connectivity index (χ0v) is 12.0. The van der Waals surface area contributed by atoms with E-state index in [9.17, 15) is 9.59 Å². The summed E-state index contributed by atoms with van der Waals surface area (Å²) in [6.07, 6.45) is 5.73. The molecule has 0 saturated carbocycles. The van der Waals surface area contributed by atoms with E-state index in [1.54, 1.807) is 12.4 Å². The van der Waals surface area contributed by atoms with Gasteiger partial charge in [-0.15, -0.1) is 0 Å². The second-order valence-corrected chi connectivity index (χ2v) is 5.42. The van der Waals surface area contributed by atoms with Crippen LogP contribution in [0.5, 0.6) is 0 Å².